The number of hydrogen-bond donors (Lipinski definition) is 3. The molecule has 6 nitrogen and oxygen atoms in total. The van der Waals surface area contributed by atoms with Gasteiger partial charge >= 0.3 is 12.1 Å². The number of carbonyl (C=O) groups is 1. The summed E-state index contributed by atoms with van der Waals surface area (Å²) >= 11 is 0. The molecule has 0 atom stereocenters. The van der Waals surface area contributed by atoms with E-state index >= 15 is 0 Å². The average molecular weight is 282 g/mol. The molecule has 1 fully saturated rings. The van der Waals surface area contributed by atoms with Gasteiger partial charge < -0.3 is 14.9 Å². The maximum Gasteiger partial charge on any atom is 0.490 e. The molecule has 0 aliphatic carbocycles. The van der Waals surface area contributed by atoms with Crippen molar-refractivity contribution in [1.29, 1.82) is 0 Å². The highest BCUT2D eigenvalue weighted by molar-refractivity contribution is 5.73. The minimum atomic E-state index is -5.08. The van der Waals surface area contributed by atoms with E-state index in [9.17, 15) is 18.0 Å². The Labute approximate surface area is 105 Å². The molecule has 19 heavy (non-hydrogen) atoms. The van der Waals surface area contributed by atoms with Crippen LogP contribution in [0.3, 0.4) is 0 Å². The van der Waals surface area contributed by atoms with E-state index in [-0.39, 0.29) is 5.56 Å². The number of aryl methyl sites for hydroxylation is 1. The third-order valence-electron chi connectivity index (χ3n) is 2.48. The number of carboxylic acids is 1. The van der Waals surface area contributed by atoms with Crippen molar-refractivity contribution in [2.45, 2.75) is 19.0 Å². The fourth-order valence-electron chi connectivity index (χ4n) is 1.34. The number of aromatic amines is 1. The highest BCUT2D eigenvalue weighted by Crippen LogP contribution is 2.13. The maximum atomic E-state index is 10.7. The number of hydrogen-bond acceptors (Lipinski definition) is 4. The van der Waals surface area contributed by atoms with Crippen molar-refractivity contribution in [2.75, 3.05) is 13.1 Å². The molecule has 1 aromatic heterocycles. The summed E-state index contributed by atoms with van der Waals surface area (Å²) in [5.74, 6) is -1.22. The Morgan fingerprint density at radius 3 is 2.37 bits per heavy atom. The number of aliphatic carboxylic acids is 1. The molecule has 9 heteroatoms. The van der Waals surface area contributed by atoms with Gasteiger partial charge in [0.15, 0.2) is 0 Å². The second-order valence-corrected chi connectivity index (χ2v) is 4.04. The minimum Gasteiger partial charge on any atom is -0.475 e. The molecule has 0 bridgehead atoms. The highest BCUT2D eigenvalue weighted by atomic mass is 19.4. The third kappa shape index (κ3) is 5.60. The maximum absolute atomic E-state index is 10.7. The van der Waals surface area contributed by atoms with Gasteiger partial charge in [0.25, 0.3) is 5.56 Å². The summed E-state index contributed by atoms with van der Waals surface area (Å²) in [4.78, 5) is 19.6. The van der Waals surface area contributed by atoms with Crippen LogP contribution < -0.4 is 10.9 Å². The summed E-state index contributed by atoms with van der Waals surface area (Å²) < 4.78 is 36.7. The first-order chi connectivity index (χ1) is 8.79. The van der Waals surface area contributed by atoms with E-state index in [4.69, 9.17) is 14.4 Å². The lowest BCUT2D eigenvalue weighted by molar-refractivity contribution is -0.192. The van der Waals surface area contributed by atoms with Crippen molar-refractivity contribution in [2.24, 2.45) is 5.92 Å². The fraction of sp³-hybridized carbons (Fsp3) is 0.600. The highest BCUT2D eigenvalue weighted by Gasteiger charge is 2.38. The van der Waals surface area contributed by atoms with Crippen molar-refractivity contribution in [3.05, 3.63) is 22.2 Å². The fourth-order valence-corrected chi connectivity index (χ4v) is 1.34. The quantitative estimate of drug-likeness (QED) is 0.760. The van der Waals surface area contributed by atoms with Crippen LogP contribution >= 0.6 is 0 Å². The van der Waals surface area contributed by atoms with Crippen molar-refractivity contribution in [1.82, 2.24) is 10.5 Å². The van der Waals surface area contributed by atoms with Crippen LogP contribution in [0.4, 0.5) is 13.2 Å². The van der Waals surface area contributed by atoms with E-state index in [1.807, 2.05) is 0 Å². The zero-order valence-electron chi connectivity index (χ0n) is 9.79. The first-order valence-electron chi connectivity index (χ1n) is 5.47. The van der Waals surface area contributed by atoms with Crippen LogP contribution in [0.2, 0.25) is 0 Å². The second-order valence-electron chi connectivity index (χ2n) is 4.04. The molecule has 2 rings (SSSR count). The molecule has 2 heterocycles. The van der Waals surface area contributed by atoms with Gasteiger partial charge in [-0.3, -0.25) is 4.79 Å². The van der Waals surface area contributed by atoms with Crippen molar-refractivity contribution < 1.29 is 27.6 Å². The number of alkyl halides is 3. The summed E-state index contributed by atoms with van der Waals surface area (Å²) in [6.07, 6.45) is -3.11. The minimum absolute atomic E-state index is 0.142. The van der Waals surface area contributed by atoms with Crippen molar-refractivity contribution in [3.8, 4) is 0 Å². The van der Waals surface area contributed by atoms with Crippen LogP contribution in [0.1, 0.15) is 12.2 Å². The number of H-pyrrole nitrogens is 1. The van der Waals surface area contributed by atoms with Gasteiger partial charge in [-0.25, -0.2) is 4.79 Å². The Morgan fingerprint density at radius 1 is 1.47 bits per heavy atom. The molecule has 1 saturated heterocycles. The van der Waals surface area contributed by atoms with Crippen LogP contribution in [-0.4, -0.2) is 35.5 Å². The van der Waals surface area contributed by atoms with Crippen LogP contribution in [0.25, 0.3) is 0 Å². The lowest BCUT2D eigenvalue weighted by Gasteiger charge is -2.26. The van der Waals surface area contributed by atoms with Crippen LogP contribution in [0.5, 0.6) is 0 Å². The molecule has 0 unspecified atom stereocenters. The van der Waals surface area contributed by atoms with Gasteiger partial charge in [0.05, 0.1) is 0 Å². The Hall–Kier alpha value is -1.77. The second kappa shape index (κ2) is 6.41. The Balaban J connectivity index is 0.000000224. The standard InChI is InChI=1S/C8H12N2O2.C2HF3O2/c11-8-3-7(12-10-8)2-1-6-4-9-5-6;3-2(4,5)1(6)7/h3,6,9H,1-2,4-5H2,(H,10,11);(H,6,7). The van der Waals surface area contributed by atoms with Gasteiger partial charge in [-0.15, -0.1) is 0 Å². The largest absolute Gasteiger partial charge is 0.490 e. The van der Waals surface area contributed by atoms with Gasteiger partial charge in [-0.05, 0) is 25.4 Å². The SMILES string of the molecule is O=C(O)C(F)(F)F.O=c1cc(CCC2CNC2)o[nH]1. The van der Waals surface area contributed by atoms with Crippen molar-refractivity contribution >= 4 is 5.97 Å². The summed E-state index contributed by atoms with van der Waals surface area (Å²) in [5.41, 5.74) is -0.142. The number of nitrogens with one attached hydrogen (secondary N) is 2. The smallest absolute Gasteiger partial charge is 0.475 e. The summed E-state index contributed by atoms with van der Waals surface area (Å²) in [7, 11) is 0. The molecule has 3 N–H and O–H groups in total. The molecular formula is C10H13F3N2O4. The van der Waals surface area contributed by atoms with Gasteiger partial charge in [0, 0.05) is 12.5 Å². The summed E-state index contributed by atoms with van der Waals surface area (Å²) in [6, 6.07) is 1.52. The molecule has 0 spiro atoms. The average Bonchev–Trinajstić information content (AvgIpc) is 2.61. The van der Waals surface area contributed by atoms with E-state index in [1.165, 1.54) is 6.07 Å². The predicted octanol–water partition coefficient (Wildman–Crippen LogP) is 0.753. The van der Waals surface area contributed by atoms with Crippen LogP contribution in [0, 0.1) is 5.92 Å². The molecule has 0 saturated carbocycles. The zero-order valence-corrected chi connectivity index (χ0v) is 9.79. The Bertz CT molecular complexity index is 462. The zero-order chi connectivity index (χ0) is 14.5. The van der Waals surface area contributed by atoms with Crippen LogP contribution in [0.15, 0.2) is 15.4 Å². The van der Waals surface area contributed by atoms with E-state index in [2.05, 4.69) is 10.5 Å². The van der Waals surface area contributed by atoms with Gasteiger partial charge in [-0.1, -0.05) is 0 Å². The number of carboxylic acid groups (broad SMARTS) is 1. The number of halogens is 3. The topological polar surface area (TPSA) is 95.3 Å². The molecule has 0 aromatic carbocycles. The molecule has 1 aliphatic heterocycles. The van der Waals surface area contributed by atoms with Gasteiger partial charge in [-0.2, -0.15) is 18.3 Å². The Kier molecular flexibility index (Phi) is 5.16. The molecule has 1 aliphatic rings. The molecule has 0 amide bonds. The predicted molar refractivity (Wildman–Crippen MR) is 57.7 cm³/mol. The molecule has 1 aromatic rings. The lowest BCUT2D eigenvalue weighted by atomic mass is 9.97. The Morgan fingerprint density at radius 2 is 2.05 bits per heavy atom. The first kappa shape index (κ1) is 15.3. The normalized spacial score (nSPS) is 15.3. The van der Waals surface area contributed by atoms with E-state index in [0.717, 1.165) is 37.6 Å². The summed E-state index contributed by atoms with van der Waals surface area (Å²) in [6.45, 7) is 2.21. The van der Waals surface area contributed by atoms with E-state index < -0.39 is 12.1 Å². The number of aromatic nitrogens is 1. The van der Waals surface area contributed by atoms with Gasteiger partial charge in [0.2, 0.25) is 0 Å². The molecule has 0 radical (unpaired) electrons. The molecule has 108 valence electrons. The van der Waals surface area contributed by atoms with E-state index in [0.29, 0.717) is 0 Å². The monoisotopic (exact) mass is 282 g/mol. The third-order valence-corrected chi connectivity index (χ3v) is 2.48. The van der Waals surface area contributed by atoms with Gasteiger partial charge in [0.1, 0.15) is 5.76 Å². The number of rotatable bonds is 3. The summed E-state index contributed by atoms with van der Waals surface area (Å²) in [5, 5.41) is 12.6. The molecular weight excluding hydrogens is 269 g/mol. The lowest BCUT2D eigenvalue weighted by Crippen LogP contribution is -2.42. The first-order valence-corrected chi connectivity index (χ1v) is 5.47. The van der Waals surface area contributed by atoms with E-state index in [1.54, 1.807) is 0 Å². The van der Waals surface area contributed by atoms with Crippen molar-refractivity contribution in [3.63, 3.8) is 0 Å². The van der Waals surface area contributed by atoms with Crippen LogP contribution in [-0.2, 0) is 11.2 Å².